The van der Waals surface area contributed by atoms with Crippen LogP contribution < -0.4 is 16.6 Å². The molecular formula is C11H14F3N3O2. The van der Waals surface area contributed by atoms with E-state index >= 15 is 0 Å². The maximum atomic E-state index is 11.9. The van der Waals surface area contributed by atoms with Crippen LogP contribution in [-0.2, 0) is 11.3 Å². The van der Waals surface area contributed by atoms with Crippen molar-refractivity contribution >= 4 is 11.6 Å². The van der Waals surface area contributed by atoms with Crippen LogP contribution in [0.3, 0.4) is 0 Å². The molecule has 0 aliphatic carbocycles. The number of halogens is 3. The van der Waals surface area contributed by atoms with Gasteiger partial charge in [0.2, 0.25) is 5.91 Å². The number of nitrogen functional groups attached to an aromatic ring is 1. The Balaban J connectivity index is 2.39. The molecule has 1 heterocycles. The largest absolute Gasteiger partial charge is 0.398 e. The monoisotopic (exact) mass is 277 g/mol. The third kappa shape index (κ3) is 5.94. The highest BCUT2D eigenvalue weighted by molar-refractivity contribution is 5.75. The summed E-state index contributed by atoms with van der Waals surface area (Å²) in [5.74, 6) is -0.533. The number of carbonyl (C=O) groups excluding carboxylic acids is 1. The van der Waals surface area contributed by atoms with Crippen molar-refractivity contribution in [3.8, 4) is 0 Å². The van der Waals surface area contributed by atoms with Crippen molar-refractivity contribution in [3.63, 3.8) is 0 Å². The maximum absolute atomic E-state index is 11.9. The first kappa shape index (κ1) is 15.1. The van der Waals surface area contributed by atoms with Gasteiger partial charge in [-0.25, -0.2) is 0 Å². The highest BCUT2D eigenvalue weighted by Gasteiger charge is 2.25. The van der Waals surface area contributed by atoms with E-state index in [9.17, 15) is 22.8 Å². The number of nitrogens with one attached hydrogen (secondary N) is 1. The number of aromatic nitrogens is 1. The van der Waals surface area contributed by atoms with Gasteiger partial charge in [-0.3, -0.25) is 9.59 Å². The van der Waals surface area contributed by atoms with E-state index in [4.69, 9.17) is 5.73 Å². The number of hydrogen-bond acceptors (Lipinski definition) is 3. The van der Waals surface area contributed by atoms with Gasteiger partial charge in [-0.05, 0) is 12.5 Å². The van der Waals surface area contributed by atoms with Gasteiger partial charge in [0.1, 0.15) is 6.54 Å². The van der Waals surface area contributed by atoms with Crippen LogP contribution in [0.2, 0.25) is 0 Å². The lowest BCUT2D eigenvalue weighted by Crippen LogP contribution is -2.32. The molecule has 0 saturated carbocycles. The molecule has 1 amide bonds. The fraction of sp³-hybridized carbons (Fsp3) is 0.455. The molecule has 5 nitrogen and oxygen atoms in total. The number of hydrogen-bond donors (Lipinski definition) is 2. The van der Waals surface area contributed by atoms with Crippen molar-refractivity contribution in [1.82, 2.24) is 9.88 Å². The van der Waals surface area contributed by atoms with E-state index in [0.29, 0.717) is 5.69 Å². The van der Waals surface area contributed by atoms with Crippen LogP contribution in [0.1, 0.15) is 12.8 Å². The van der Waals surface area contributed by atoms with Crippen molar-refractivity contribution in [2.45, 2.75) is 25.6 Å². The fourth-order valence-electron chi connectivity index (χ4n) is 1.40. The van der Waals surface area contributed by atoms with Gasteiger partial charge < -0.3 is 15.6 Å². The summed E-state index contributed by atoms with van der Waals surface area (Å²) in [6, 6.07) is 2.62. The zero-order chi connectivity index (χ0) is 14.5. The molecule has 1 rings (SSSR count). The Kier molecular flexibility index (Phi) is 4.96. The summed E-state index contributed by atoms with van der Waals surface area (Å²) in [5, 5.41) is 2.31. The van der Waals surface area contributed by atoms with Crippen LogP contribution in [0.4, 0.5) is 18.9 Å². The third-order valence-corrected chi connectivity index (χ3v) is 2.28. The van der Waals surface area contributed by atoms with E-state index < -0.39 is 24.1 Å². The summed E-state index contributed by atoms with van der Waals surface area (Å²) in [6.07, 6.45) is -4.07. The average Bonchev–Trinajstić information content (AvgIpc) is 2.28. The number of nitrogens with two attached hydrogens (primary N) is 1. The molecule has 0 aliphatic heterocycles. The van der Waals surface area contributed by atoms with E-state index in [1.807, 2.05) is 0 Å². The Bertz CT molecular complexity index is 497. The van der Waals surface area contributed by atoms with Gasteiger partial charge in [-0.15, -0.1) is 0 Å². The van der Waals surface area contributed by atoms with Gasteiger partial charge in [-0.1, -0.05) is 0 Å². The van der Waals surface area contributed by atoms with Crippen molar-refractivity contribution in [2.24, 2.45) is 0 Å². The van der Waals surface area contributed by atoms with E-state index in [2.05, 4.69) is 5.32 Å². The normalized spacial score (nSPS) is 11.3. The van der Waals surface area contributed by atoms with E-state index in [0.717, 1.165) is 4.57 Å². The lowest BCUT2D eigenvalue weighted by atomic mass is 10.3. The summed E-state index contributed by atoms with van der Waals surface area (Å²) in [7, 11) is 0. The minimum Gasteiger partial charge on any atom is -0.398 e. The first-order chi connectivity index (χ1) is 8.78. The van der Waals surface area contributed by atoms with Gasteiger partial charge >= 0.3 is 6.18 Å². The lowest BCUT2D eigenvalue weighted by molar-refractivity contribution is -0.136. The molecule has 0 saturated heterocycles. The molecular weight excluding hydrogens is 263 g/mol. The minimum atomic E-state index is -4.23. The Labute approximate surface area is 107 Å². The zero-order valence-corrected chi connectivity index (χ0v) is 10.0. The Morgan fingerprint density at radius 2 is 2.05 bits per heavy atom. The molecule has 0 spiro atoms. The van der Waals surface area contributed by atoms with Gasteiger partial charge in [0.15, 0.2) is 0 Å². The number of alkyl halides is 3. The number of pyridine rings is 1. The summed E-state index contributed by atoms with van der Waals surface area (Å²) in [5.41, 5.74) is 5.38. The molecule has 0 unspecified atom stereocenters. The Morgan fingerprint density at radius 3 is 2.68 bits per heavy atom. The van der Waals surface area contributed by atoms with Crippen LogP contribution in [0.15, 0.2) is 23.1 Å². The van der Waals surface area contributed by atoms with Gasteiger partial charge in [0.25, 0.3) is 5.56 Å². The van der Waals surface area contributed by atoms with Gasteiger partial charge in [-0.2, -0.15) is 13.2 Å². The molecule has 0 fully saturated rings. The van der Waals surface area contributed by atoms with Crippen molar-refractivity contribution < 1.29 is 18.0 Å². The van der Waals surface area contributed by atoms with Crippen LogP contribution in [-0.4, -0.2) is 23.2 Å². The molecule has 106 valence electrons. The molecule has 1 aromatic rings. The summed E-state index contributed by atoms with van der Waals surface area (Å²) in [6.45, 7) is -0.356. The summed E-state index contributed by atoms with van der Waals surface area (Å²) < 4.78 is 36.6. The zero-order valence-electron chi connectivity index (χ0n) is 10.0. The predicted molar refractivity (Wildman–Crippen MR) is 63.4 cm³/mol. The molecule has 0 atom stereocenters. The molecule has 0 radical (unpaired) electrons. The quantitative estimate of drug-likeness (QED) is 0.785. The molecule has 0 bridgehead atoms. The maximum Gasteiger partial charge on any atom is 0.389 e. The Morgan fingerprint density at radius 1 is 1.37 bits per heavy atom. The smallest absolute Gasteiger partial charge is 0.389 e. The third-order valence-electron chi connectivity index (χ3n) is 2.28. The standard InChI is InChI=1S/C11H14F3N3O2/c12-11(13,14)4-1-5-16-9(18)7-17-6-8(15)2-3-10(17)19/h2-3,6H,1,4-5,7,15H2,(H,16,18). The highest BCUT2D eigenvalue weighted by Crippen LogP contribution is 2.20. The van der Waals surface area contributed by atoms with Crippen LogP contribution in [0.5, 0.6) is 0 Å². The number of carbonyl (C=O) groups is 1. The molecule has 8 heteroatoms. The number of rotatable bonds is 5. The summed E-state index contributed by atoms with van der Waals surface area (Å²) >= 11 is 0. The van der Waals surface area contributed by atoms with E-state index in [1.54, 1.807) is 0 Å². The summed E-state index contributed by atoms with van der Waals surface area (Å²) in [4.78, 5) is 22.8. The lowest BCUT2D eigenvalue weighted by Gasteiger charge is -2.09. The molecule has 19 heavy (non-hydrogen) atoms. The topological polar surface area (TPSA) is 77.1 Å². The highest BCUT2D eigenvalue weighted by atomic mass is 19.4. The second-order valence-electron chi connectivity index (χ2n) is 4.00. The molecule has 3 N–H and O–H groups in total. The molecule has 0 aliphatic rings. The van der Waals surface area contributed by atoms with Crippen molar-refractivity contribution in [2.75, 3.05) is 12.3 Å². The predicted octanol–water partition coefficient (Wildman–Crippen LogP) is 0.889. The van der Waals surface area contributed by atoms with Crippen molar-refractivity contribution in [3.05, 3.63) is 28.7 Å². The minimum absolute atomic E-state index is 0.0879. The van der Waals surface area contributed by atoms with E-state index in [-0.39, 0.29) is 19.5 Å². The van der Waals surface area contributed by atoms with Crippen molar-refractivity contribution in [1.29, 1.82) is 0 Å². The molecule has 1 aromatic heterocycles. The number of amides is 1. The first-order valence-electron chi connectivity index (χ1n) is 5.57. The number of nitrogens with zero attached hydrogens (tertiary/aromatic N) is 1. The second-order valence-corrected chi connectivity index (χ2v) is 4.00. The fourth-order valence-corrected chi connectivity index (χ4v) is 1.40. The van der Waals surface area contributed by atoms with E-state index in [1.165, 1.54) is 18.3 Å². The molecule has 0 aromatic carbocycles. The SMILES string of the molecule is Nc1ccc(=O)n(CC(=O)NCCCC(F)(F)F)c1. The second kappa shape index (κ2) is 6.26. The van der Waals surface area contributed by atoms with Crippen LogP contribution >= 0.6 is 0 Å². The Hall–Kier alpha value is -1.99. The average molecular weight is 277 g/mol. The van der Waals surface area contributed by atoms with Gasteiger partial charge in [0, 0.05) is 30.9 Å². The van der Waals surface area contributed by atoms with Crippen LogP contribution in [0, 0.1) is 0 Å². The van der Waals surface area contributed by atoms with Crippen LogP contribution in [0.25, 0.3) is 0 Å². The van der Waals surface area contributed by atoms with Gasteiger partial charge in [0.05, 0.1) is 0 Å². The first-order valence-corrected chi connectivity index (χ1v) is 5.57. The number of anilines is 1.